The molecule has 1 aromatic heterocycles. The molecular weight excluding hydrogens is 242 g/mol. The van der Waals surface area contributed by atoms with E-state index in [1.54, 1.807) is 23.2 Å². The topological polar surface area (TPSA) is 82.0 Å². The number of carbonyl (C=O) groups excluding carboxylic acids is 1. The zero-order chi connectivity index (χ0) is 12.3. The van der Waals surface area contributed by atoms with E-state index in [1.807, 2.05) is 0 Å². The lowest BCUT2D eigenvalue weighted by atomic mass is 10.1. The Morgan fingerprint density at radius 3 is 3.24 bits per heavy atom. The number of carbonyl (C=O) groups is 1. The number of amides is 1. The van der Waals surface area contributed by atoms with E-state index in [-0.39, 0.29) is 11.8 Å². The third-order valence-electron chi connectivity index (χ3n) is 2.63. The highest BCUT2D eigenvalue weighted by Crippen LogP contribution is 2.26. The van der Waals surface area contributed by atoms with Crippen LogP contribution >= 0.6 is 11.6 Å². The molecule has 1 aliphatic rings. The van der Waals surface area contributed by atoms with Crippen molar-refractivity contribution in [2.75, 3.05) is 18.0 Å². The van der Waals surface area contributed by atoms with Crippen LogP contribution in [-0.2, 0) is 4.79 Å². The van der Waals surface area contributed by atoms with E-state index in [0.717, 1.165) is 5.69 Å². The average molecular weight is 252 g/mol. The molecule has 1 atom stereocenters. The fourth-order valence-corrected chi connectivity index (χ4v) is 2.03. The van der Waals surface area contributed by atoms with Crippen LogP contribution in [0.25, 0.3) is 10.4 Å². The molecule has 0 aromatic carbocycles. The molecule has 1 aliphatic heterocycles. The molecule has 0 N–H and O–H groups in total. The van der Waals surface area contributed by atoms with Gasteiger partial charge in [0.25, 0.3) is 0 Å². The molecule has 2 heterocycles. The molecule has 1 amide bonds. The highest BCUT2D eigenvalue weighted by molar-refractivity contribution is 6.29. The summed E-state index contributed by atoms with van der Waals surface area (Å²) in [7, 11) is 0. The van der Waals surface area contributed by atoms with Gasteiger partial charge in [-0.3, -0.25) is 4.79 Å². The van der Waals surface area contributed by atoms with Crippen molar-refractivity contribution in [3.8, 4) is 0 Å². The fraction of sp³-hybridized carbons (Fsp3) is 0.400. The highest BCUT2D eigenvalue weighted by Gasteiger charge is 2.30. The molecule has 6 nitrogen and oxygen atoms in total. The van der Waals surface area contributed by atoms with E-state index in [1.165, 1.54) is 0 Å². The second-order valence-corrected chi connectivity index (χ2v) is 4.21. The maximum absolute atomic E-state index is 11.8. The van der Waals surface area contributed by atoms with Crippen LogP contribution in [0.5, 0.6) is 0 Å². The molecule has 7 heteroatoms. The summed E-state index contributed by atoms with van der Waals surface area (Å²) in [5.74, 6) is 0.0933. The zero-order valence-corrected chi connectivity index (χ0v) is 9.71. The molecule has 2 rings (SSSR count). The molecule has 0 saturated carbocycles. The summed E-state index contributed by atoms with van der Waals surface area (Å²) in [5, 5.41) is 3.85. The summed E-state index contributed by atoms with van der Waals surface area (Å²) in [6.07, 6.45) is 1.96. The number of hydrogen-bond donors (Lipinski definition) is 0. The fourth-order valence-electron chi connectivity index (χ4n) is 1.87. The van der Waals surface area contributed by atoms with Crippen LogP contribution in [-0.4, -0.2) is 24.0 Å². The first-order chi connectivity index (χ1) is 8.20. The van der Waals surface area contributed by atoms with Gasteiger partial charge in [-0.1, -0.05) is 16.7 Å². The van der Waals surface area contributed by atoms with Crippen LogP contribution in [0.1, 0.15) is 6.42 Å². The predicted molar refractivity (Wildman–Crippen MR) is 63.7 cm³/mol. The van der Waals surface area contributed by atoms with Crippen LogP contribution in [0.15, 0.2) is 23.4 Å². The summed E-state index contributed by atoms with van der Waals surface area (Å²) in [5.41, 5.74) is 8.98. The van der Waals surface area contributed by atoms with Gasteiger partial charge in [0.2, 0.25) is 5.91 Å². The summed E-state index contributed by atoms with van der Waals surface area (Å²) in [6.45, 7) is 0.899. The second kappa shape index (κ2) is 5.03. The molecule has 1 unspecified atom stereocenters. The summed E-state index contributed by atoms with van der Waals surface area (Å²) in [4.78, 5) is 20.0. The smallest absolute Gasteiger partial charge is 0.227 e. The number of aromatic nitrogens is 1. The molecule has 0 aliphatic carbocycles. The predicted octanol–water partition coefficient (Wildman–Crippen LogP) is 2.40. The summed E-state index contributed by atoms with van der Waals surface area (Å²) < 4.78 is 0. The van der Waals surface area contributed by atoms with Gasteiger partial charge in [-0.25, -0.2) is 4.98 Å². The Kier molecular flexibility index (Phi) is 3.46. The number of rotatable bonds is 3. The van der Waals surface area contributed by atoms with Gasteiger partial charge in [-0.05, 0) is 23.6 Å². The van der Waals surface area contributed by atoms with Crippen molar-refractivity contribution in [1.82, 2.24) is 4.98 Å². The van der Waals surface area contributed by atoms with Gasteiger partial charge in [0.05, 0.1) is 0 Å². The Bertz CT molecular complexity index is 485. The van der Waals surface area contributed by atoms with Gasteiger partial charge >= 0.3 is 0 Å². The van der Waals surface area contributed by atoms with E-state index in [9.17, 15) is 4.79 Å². The Morgan fingerprint density at radius 1 is 1.71 bits per heavy atom. The average Bonchev–Trinajstić information content (AvgIpc) is 2.68. The number of halogens is 1. The minimum atomic E-state index is 0.0189. The Balaban J connectivity index is 2.12. The standard InChI is InChI=1S/C10H10ClN5O/c11-9-4-8(1-2-13-9)16-6-7(3-10(16)17)5-14-15-12/h1-2,4,7H,3,5-6H2. The van der Waals surface area contributed by atoms with E-state index >= 15 is 0 Å². The molecular formula is C10H10ClN5O. The lowest BCUT2D eigenvalue weighted by molar-refractivity contribution is -0.117. The van der Waals surface area contributed by atoms with Gasteiger partial charge in [0, 0.05) is 36.3 Å². The maximum Gasteiger partial charge on any atom is 0.227 e. The van der Waals surface area contributed by atoms with Crippen LogP contribution in [0.2, 0.25) is 5.15 Å². The van der Waals surface area contributed by atoms with Gasteiger partial charge in [-0.2, -0.15) is 0 Å². The molecule has 88 valence electrons. The lowest BCUT2D eigenvalue weighted by Gasteiger charge is -2.16. The van der Waals surface area contributed by atoms with Gasteiger partial charge in [0.15, 0.2) is 0 Å². The van der Waals surface area contributed by atoms with Crippen LogP contribution in [0.4, 0.5) is 5.69 Å². The third kappa shape index (κ3) is 2.67. The third-order valence-corrected chi connectivity index (χ3v) is 2.84. The summed E-state index contributed by atoms with van der Waals surface area (Å²) in [6, 6.07) is 3.38. The van der Waals surface area contributed by atoms with Crippen molar-refractivity contribution < 1.29 is 4.79 Å². The number of hydrogen-bond acceptors (Lipinski definition) is 3. The minimum absolute atomic E-state index is 0.0189. The maximum atomic E-state index is 11.8. The second-order valence-electron chi connectivity index (χ2n) is 3.82. The Morgan fingerprint density at radius 2 is 2.53 bits per heavy atom. The van der Waals surface area contributed by atoms with Crippen LogP contribution < -0.4 is 4.90 Å². The van der Waals surface area contributed by atoms with E-state index in [0.29, 0.717) is 24.7 Å². The first-order valence-electron chi connectivity index (χ1n) is 5.13. The first-order valence-corrected chi connectivity index (χ1v) is 5.51. The number of pyridine rings is 1. The van der Waals surface area contributed by atoms with E-state index < -0.39 is 0 Å². The SMILES string of the molecule is [N-]=[N+]=NCC1CC(=O)N(c2ccnc(Cl)c2)C1. The summed E-state index contributed by atoms with van der Waals surface area (Å²) >= 11 is 5.78. The van der Waals surface area contributed by atoms with E-state index in [2.05, 4.69) is 15.0 Å². The molecule has 1 saturated heterocycles. The number of anilines is 1. The van der Waals surface area contributed by atoms with Crippen LogP contribution in [0.3, 0.4) is 0 Å². The Labute approximate surface area is 103 Å². The quantitative estimate of drug-likeness (QED) is 0.358. The number of azide groups is 1. The monoisotopic (exact) mass is 251 g/mol. The molecule has 1 aromatic rings. The van der Waals surface area contributed by atoms with E-state index in [4.69, 9.17) is 17.1 Å². The normalized spacial score (nSPS) is 19.2. The Hall–Kier alpha value is -1.78. The molecule has 17 heavy (non-hydrogen) atoms. The van der Waals surface area contributed by atoms with Gasteiger partial charge in [0.1, 0.15) is 5.15 Å². The highest BCUT2D eigenvalue weighted by atomic mass is 35.5. The zero-order valence-electron chi connectivity index (χ0n) is 8.95. The molecule has 0 spiro atoms. The minimum Gasteiger partial charge on any atom is -0.312 e. The van der Waals surface area contributed by atoms with Crippen molar-refractivity contribution in [3.05, 3.63) is 33.9 Å². The van der Waals surface area contributed by atoms with Crippen molar-refractivity contribution in [3.63, 3.8) is 0 Å². The van der Waals surface area contributed by atoms with Crippen molar-refractivity contribution in [1.29, 1.82) is 0 Å². The van der Waals surface area contributed by atoms with Gasteiger partial charge in [-0.15, -0.1) is 0 Å². The molecule has 1 fully saturated rings. The van der Waals surface area contributed by atoms with Crippen molar-refractivity contribution in [2.24, 2.45) is 11.0 Å². The lowest BCUT2D eigenvalue weighted by Crippen LogP contribution is -2.24. The van der Waals surface area contributed by atoms with Gasteiger partial charge < -0.3 is 4.90 Å². The van der Waals surface area contributed by atoms with Crippen molar-refractivity contribution in [2.45, 2.75) is 6.42 Å². The largest absolute Gasteiger partial charge is 0.312 e. The molecule has 0 radical (unpaired) electrons. The first kappa shape index (κ1) is 11.7. The van der Waals surface area contributed by atoms with Crippen molar-refractivity contribution >= 4 is 23.2 Å². The van der Waals surface area contributed by atoms with Crippen LogP contribution in [0, 0.1) is 5.92 Å². The molecule has 0 bridgehead atoms. The number of nitrogens with zero attached hydrogens (tertiary/aromatic N) is 5.